The minimum atomic E-state index is -0.834. The molecule has 0 saturated heterocycles. The van der Waals surface area contributed by atoms with Gasteiger partial charge in [0.1, 0.15) is 0 Å². The van der Waals surface area contributed by atoms with Gasteiger partial charge in [-0.05, 0) is 78.1 Å². The van der Waals surface area contributed by atoms with Gasteiger partial charge in [-0.2, -0.15) is 0 Å². The lowest BCUT2D eigenvalue weighted by molar-refractivity contribution is -0.125. The molecule has 0 radical (unpaired) electrons. The Morgan fingerprint density at radius 1 is 0.933 bits per heavy atom. The molecule has 0 aromatic heterocycles. The number of likely N-dealkylation sites (N-methyl/N-ethyl adjacent to an activating group) is 1. The van der Waals surface area contributed by atoms with Crippen LogP contribution in [-0.4, -0.2) is 13.0 Å². The molecule has 1 aliphatic carbocycles. The largest absolute Gasteiger partial charge is 0.358 e. The number of nitrogens with one attached hydrogen (secondary N) is 1. The molecule has 0 spiro atoms. The van der Waals surface area contributed by atoms with Crippen LogP contribution < -0.4 is 5.32 Å². The maximum absolute atomic E-state index is 13.6. The Kier molecular flexibility index (Phi) is 6.17. The Morgan fingerprint density at radius 2 is 1.50 bits per heavy atom. The number of amides is 1. The van der Waals surface area contributed by atoms with E-state index in [2.05, 4.69) is 29.6 Å². The van der Waals surface area contributed by atoms with E-state index in [4.69, 9.17) is 23.2 Å². The molecule has 0 bridgehead atoms. The molecule has 1 unspecified atom stereocenters. The lowest BCUT2D eigenvalue weighted by atomic mass is 9.65. The van der Waals surface area contributed by atoms with Gasteiger partial charge in [-0.15, -0.1) is 0 Å². The van der Waals surface area contributed by atoms with Crippen LogP contribution in [0.5, 0.6) is 0 Å². The summed E-state index contributed by atoms with van der Waals surface area (Å²) in [5.41, 5.74) is 3.80. The number of hydrogen-bond acceptors (Lipinski definition) is 1. The normalized spacial score (nSPS) is 16.0. The first-order valence-corrected chi connectivity index (χ1v) is 11.1. The minimum absolute atomic E-state index is 0.0183. The van der Waals surface area contributed by atoms with Gasteiger partial charge in [0.15, 0.2) is 0 Å². The molecule has 30 heavy (non-hydrogen) atoms. The quantitative estimate of drug-likeness (QED) is 0.482. The van der Waals surface area contributed by atoms with Gasteiger partial charge in [0.2, 0.25) is 5.91 Å². The summed E-state index contributed by atoms with van der Waals surface area (Å²) in [5.74, 6) is 0.272. The van der Waals surface area contributed by atoms with Crippen molar-refractivity contribution in [3.8, 4) is 0 Å². The summed E-state index contributed by atoms with van der Waals surface area (Å²) in [4.78, 5) is 13.6. The van der Waals surface area contributed by atoms with Gasteiger partial charge in [-0.1, -0.05) is 71.7 Å². The van der Waals surface area contributed by atoms with E-state index >= 15 is 0 Å². The molecule has 3 aromatic rings. The van der Waals surface area contributed by atoms with E-state index in [0.717, 1.165) is 30.4 Å². The van der Waals surface area contributed by atoms with E-state index in [1.807, 2.05) is 48.5 Å². The number of fused-ring (bicyclic) bond motifs is 1. The molecule has 1 amide bonds. The van der Waals surface area contributed by atoms with E-state index in [9.17, 15) is 4.79 Å². The number of carbonyl (C=O) groups excluding carboxylic acids is 1. The van der Waals surface area contributed by atoms with Crippen molar-refractivity contribution in [2.75, 3.05) is 7.05 Å². The molecule has 1 aliphatic rings. The molecule has 0 heterocycles. The molecule has 0 aliphatic heterocycles. The van der Waals surface area contributed by atoms with Crippen LogP contribution in [0.3, 0.4) is 0 Å². The predicted octanol–water partition coefficient (Wildman–Crippen LogP) is 6.54. The summed E-state index contributed by atoms with van der Waals surface area (Å²) in [6.07, 6.45) is 3.98. The van der Waals surface area contributed by atoms with E-state index in [1.165, 1.54) is 11.1 Å². The number of benzene rings is 3. The Labute approximate surface area is 188 Å². The maximum atomic E-state index is 13.6. The molecule has 0 saturated carbocycles. The van der Waals surface area contributed by atoms with Crippen LogP contribution in [0.2, 0.25) is 10.0 Å². The number of hydrogen-bond donors (Lipinski definition) is 1. The summed E-state index contributed by atoms with van der Waals surface area (Å²) < 4.78 is 0. The maximum Gasteiger partial charge on any atom is 0.234 e. The summed E-state index contributed by atoms with van der Waals surface area (Å²) in [5, 5.41) is 4.25. The highest BCUT2D eigenvalue weighted by atomic mass is 35.5. The number of rotatable bonds is 5. The van der Waals surface area contributed by atoms with Gasteiger partial charge < -0.3 is 5.32 Å². The molecular weight excluding hydrogens is 413 g/mol. The highest BCUT2D eigenvalue weighted by Gasteiger charge is 2.44. The van der Waals surface area contributed by atoms with Crippen LogP contribution in [0, 0.1) is 0 Å². The lowest BCUT2D eigenvalue weighted by Gasteiger charge is -2.38. The SMILES string of the molecule is CNC(=O)C(CC1CCCc2ccccc21)(c1ccc(Cl)cc1)c1ccc(Cl)cc1. The van der Waals surface area contributed by atoms with Gasteiger partial charge in [0.05, 0.1) is 5.41 Å². The van der Waals surface area contributed by atoms with Crippen molar-refractivity contribution in [1.82, 2.24) is 5.32 Å². The van der Waals surface area contributed by atoms with Gasteiger partial charge in [-0.3, -0.25) is 4.79 Å². The molecule has 4 rings (SSSR count). The third kappa shape index (κ3) is 3.87. The first-order valence-electron chi connectivity index (χ1n) is 10.4. The summed E-state index contributed by atoms with van der Waals surface area (Å²) in [6.45, 7) is 0. The topological polar surface area (TPSA) is 29.1 Å². The van der Waals surface area contributed by atoms with Crippen molar-refractivity contribution >= 4 is 29.1 Å². The molecule has 0 fully saturated rings. The molecular formula is C26H25Cl2NO. The Hall–Kier alpha value is -2.29. The molecule has 154 valence electrons. The van der Waals surface area contributed by atoms with Gasteiger partial charge in [-0.25, -0.2) is 0 Å². The molecule has 2 nitrogen and oxygen atoms in total. The fourth-order valence-electron chi connectivity index (χ4n) is 4.88. The summed E-state index contributed by atoms with van der Waals surface area (Å²) >= 11 is 12.4. The number of halogens is 2. The van der Waals surface area contributed by atoms with Crippen LogP contribution in [-0.2, 0) is 16.6 Å². The van der Waals surface area contributed by atoms with Crippen LogP contribution in [0.25, 0.3) is 0 Å². The Morgan fingerprint density at radius 3 is 2.07 bits per heavy atom. The first-order chi connectivity index (χ1) is 14.5. The average Bonchev–Trinajstić information content (AvgIpc) is 2.78. The number of carbonyl (C=O) groups is 1. The van der Waals surface area contributed by atoms with Crippen LogP contribution in [0.4, 0.5) is 0 Å². The predicted molar refractivity (Wildman–Crippen MR) is 124 cm³/mol. The second-order valence-corrected chi connectivity index (χ2v) is 8.86. The van der Waals surface area contributed by atoms with E-state index in [-0.39, 0.29) is 5.91 Å². The van der Waals surface area contributed by atoms with Gasteiger partial charge in [0, 0.05) is 17.1 Å². The monoisotopic (exact) mass is 437 g/mol. The first kappa shape index (κ1) is 21.0. The highest BCUT2D eigenvalue weighted by Crippen LogP contribution is 2.45. The number of aryl methyl sites for hydroxylation is 1. The van der Waals surface area contributed by atoms with Crippen LogP contribution >= 0.6 is 23.2 Å². The van der Waals surface area contributed by atoms with E-state index in [0.29, 0.717) is 22.4 Å². The second-order valence-electron chi connectivity index (χ2n) is 7.99. The fourth-order valence-corrected chi connectivity index (χ4v) is 5.13. The van der Waals surface area contributed by atoms with Gasteiger partial charge >= 0.3 is 0 Å². The van der Waals surface area contributed by atoms with Crippen molar-refractivity contribution in [1.29, 1.82) is 0 Å². The fraction of sp³-hybridized carbons (Fsp3) is 0.269. The van der Waals surface area contributed by atoms with Crippen LogP contribution in [0.15, 0.2) is 72.8 Å². The lowest BCUT2D eigenvalue weighted by Crippen LogP contribution is -2.45. The third-order valence-corrected chi connectivity index (χ3v) is 6.84. The Bertz CT molecular complexity index is 982. The second kappa shape index (κ2) is 8.83. The average molecular weight is 438 g/mol. The Balaban J connectivity index is 1.89. The van der Waals surface area contributed by atoms with Crippen molar-refractivity contribution in [2.24, 2.45) is 0 Å². The smallest absolute Gasteiger partial charge is 0.234 e. The van der Waals surface area contributed by atoms with Crippen molar-refractivity contribution < 1.29 is 4.79 Å². The zero-order valence-electron chi connectivity index (χ0n) is 17.0. The highest BCUT2D eigenvalue weighted by molar-refractivity contribution is 6.30. The van der Waals surface area contributed by atoms with Crippen molar-refractivity contribution in [3.05, 3.63) is 105 Å². The van der Waals surface area contributed by atoms with Crippen molar-refractivity contribution in [2.45, 2.75) is 37.0 Å². The molecule has 4 heteroatoms. The zero-order chi connectivity index (χ0) is 21.1. The summed E-state index contributed by atoms with van der Waals surface area (Å²) in [6, 6.07) is 24.0. The van der Waals surface area contributed by atoms with E-state index < -0.39 is 5.41 Å². The summed E-state index contributed by atoms with van der Waals surface area (Å²) in [7, 11) is 1.71. The minimum Gasteiger partial charge on any atom is -0.358 e. The van der Waals surface area contributed by atoms with E-state index in [1.54, 1.807) is 7.05 Å². The van der Waals surface area contributed by atoms with Crippen molar-refractivity contribution in [3.63, 3.8) is 0 Å². The third-order valence-electron chi connectivity index (χ3n) is 6.33. The van der Waals surface area contributed by atoms with Gasteiger partial charge in [0.25, 0.3) is 0 Å². The molecule has 1 atom stereocenters. The van der Waals surface area contributed by atoms with Crippen LogP contribution in [0.1, 0.15) is 47.4 Å². The zero-order valence-corrected chi connectivity index (χ0v) is 18.5. The molecule has 1 N–H and O–H groups in total. The standard InChI is InChI=1S/C26H25Cl2NO/c1-29-25(30)26(20-9-13-22(27)14-10-20,21-11-15-23(28)16-12-21)17-19-7-4-6-18-5-2-3-8-24(18)19/h2-3,5,8-16,19H,4,6-7,17H2,1H3,(H,29,30). The molecule has 3 aromatic carbocycles.